The zero-order valence-corrected chi connectivity index (χ0v) is 14.4. The third-order valence-corrected chi connectivity index (χ3v) is 4.14. The first-order valence-electron chi connectivity index (χ1n) is 9.04. The van der Waals surface area contributed by atoms with Gasteiger partial charge >= 0.3 is 0 Å². The summed E-state index contributed by atoms with van der Waals surface area (Å²) < 4.78 is 0. The smallest absolute Gasteiger partial charge is 0.185 e. The second kappa shape index (κ2) is 12.9. The molecule has 0 atom stereocenters. The molecule has 1 rings (SSSR count). The van der Waals surface area contributed by atoms with Crippen LogP contribution in [-0.4, -0.2) is 49.2 Å². The summed E-state index contributed by atoms with van der Waals surface area (Å²) in [6.45, 7) is 3.92. The summed E-state index contributed by atoms with van der Waals surface area (Å²) in [5.41, 5.74) is 5.27. The van der Waals surface area contributed by atoms with Crippen LogP contribution in [0, 0.1) is 5.41 Å². The number of nitrogens with two attached hydrogens (primary N) is 1. The normalized spacial score (nSPS) is 14.4. The predicted molar refractivity (Wildman–Crippen MR) is 96.0 cm³/mol. The van der Waals surface area contributed by atoms with Crippen molar-refractivity contribution >= 4 is 18.1 Å². The highest BCUT2D eigenvalue weighted by Crippen LogP contribution is 2.13. The number of amidine groups is 1. The molecule has 6 heteroatoms. The Bertz CT molecular complexity index is 370. The number of carbonyl (C=O) groups excluding carboxylic acids is 1. The van der Waals surface area contributed by atoms with Gasteiger partial charge in [0.25, 0.3) is 0 Å². The molecule has 0 unspecified atom stereocenters. The lowest BCUT2D eigenvalue weighted by Gasteiger charge is -2.29. The van der Waals surface area contributed by atoms with Crippen LogP contribution in [0.15, 0.2) is 4.99 Å². The molecule has 0 saturated carbocycles. The van der Waals surface area contributed by atoms with Crippen molar-refractivity contribution in [2.24, 2.45) is 10.7 Å². The van der Waals surface area contributed by atoms with Gasteiger partial charge in [-0.15, -0.1) is 0 Å². The number of guanidine groups is 1. The number of aliphatic imine (C=N–C) groups is 1. The van der Waals surface area contributed by atoms with Crippen molar-refractivity contribution in [2.75, 3.05) is 26.2 Å². The van der Waals surface area contributed by atoms with Crippen LogP contribution in [0.5, 0.6) is 0 Å². The quantitative estimate of drug-likeness (QED) is 0.210. The second-order valence-electron chi connectivity index (χ2n) is 6.16. The maximum atomic E-state index is 10.3. The molecule has 0 radical (unpaired) electrons. The number of aldehydes is 1. The number of rotatable bonds is 13. The Morgan fingerprint density at radius 2 is 2.00 bits per heavy atom. The van der Waals surface area contributed by atoms with E-state index in [-0.39, 0.29) is 5.96 Å². The number of hydrogen-bond donors (Lipinski definition) is 3. The minimum atomic E-state index is 0.0540. The summed E-state index contributed by atoms with van der Waals surface area (Å²) in [6.07, 6.45) is 11.9. The number of unbranched alkanes of at least 4 members (excludes halogenated alkanes) is 6. The Balaban J connectivity index is 2.12. The third kappa shape index (κ3) is 9.92. The van der Waals surface area contributed by atoms with Crippen LogP contribution < -0.4 is 11.1 Å². The zero-order valence-electron chi connectivity index (χ0n) is 14.4. The van der Waals surface area contributed by atoms with Crippen LogP contribution in [0.3, 0.4) is 0 Å². The fourth-order valence-electron chi connectivity index (χ4n) is 2.87. The van der Waals surface area contributed by atoms with Crippen molar-refractivity contribution in [3.05, 3.63) is 0 Å². The molecule has 1 heterocycles. The van der Waals surface area contributed by atoms with Crippen molar-refractivity contribution in [2.45, 2.75) is 64.2 Å². The first-order chi connectivity index (χ1) is 11.2. The Morgan fingerprint density at radius 1 is 1.22 bits per heavy atom. The van der Waals surface area contributed by atoms with Gasteiger partial charge in [-0.2, -0.15) is 0 Å². The average Bonchev–Trinajstić information content (AvgIpc) is 2.54. The Kier molecular flexibility index (Phi) is 10.9. The van der Waals surface area contributed by atoms with Gasteiger partial charge in [-0.25, -0.2) is 0 Å². The summed E-state index contributed by atoms with van der Waals surface area (Å²) in [7, 11) is 0. The molecule has 1 aliphatic heterocycles. The highest BCUT2D eigenvalue weighted by Gasteiger charge is 2.14. The van der Waals surface area contributed by atoms with Gasteiger partial charge in [-0.05, 0) is 32.1 Å². The summed E-state index contributed by atoms with van der Waals surface area (Å²) in [5.74, 6) is 1.34. The first-order valence-corrected chi connectivity index (χ1v) is 9.04. The molecule has 0 aromatic rings. The van der Waals surface area contributed by atoms with Gasteiger partial charge in [0.15, 0.2) is 5.96 Å². The van der Waals surface area contributed by atoms with Crippen LogP contribution in [0.4, 0.5) is 0 Å². The lowest BCUT2D eigenvalue weighted by Crippen LogP contribution is -2.37. The van der Waals surface area contributed by atoms with E-state index >= 15 is 0 Å². The molecular formula is C17H33N5O. The fraction of sp³-hybridized carbons (Fsp3) is 0.824. The SMILES string of the molecule is N=C(N)NCCCCN1CCCN=C1CCCCCCCC=O. The third-order valence-electron chi connectivity index (χ3n) is 4.14. The molecule has 0 aromatic heterocycles. The van der Waals surface area contributed by atoms with E-state index in [0.717, 1.165) is 71.0 Å². The van der Waals surface area contributed by atoms with Gasteiger partial charge in [0, 0.05) is 39.0 Å². The second-order valence-corrected chi connectivity index (χ2v) is 6.16. The Hall–Kier alpha value is -1.59. The molecule has 0 bridgehead atoms. The molecule has 0 fully saturated rings. The Morgan fingerprint density at radius 3 is 2.78 bits per heavy atom. The van der Waals surface area contributed by atoms with Crippen molar-refractivity contribution in [3.8, 4) is 0 Å². The van der Waals surface area contributed by atoms with E-state index in [2.05, 4.69) is 10.2 Å². The van der Waals surface area contributed by atoms with E-state index in [9.17, 15) is 4.79 Å². The van der Waals surface area contributed by atoms with Crippen LogP contribution in [0.2, 0.25) is 0 Å². The number of hydrogen-bond acceptors (Lipinski definition) is 4. The molecule has 0 aliphatic carbocycles. The van der Waals surface area contributed by atoms with Crippen molar-refractivity contribution in [1.29, 1.82) is 5.41 Å². The summed E-state index contributed by atoms with van der Waals surface area (Å²) in [5, 5.41) is 9.97. The van der Waals surface area contributed by atoms with E-state index in [4.69, 9.17) is 16.1 Å². The van der Waals surface area contributed by atoms with E-state index in [1.165, 1.54) is 25.1 Å². The van der Waals surface area contributed by atoms with Gasteiger partial charge in [0.05, 0.1) is 5.84 Å². The number of carbonyl (C=O) groups is 1. The lowest BCUT2D eigenvalue weighted by atomic mass is 10.1. The number of nitrogens with zero attached hydrogens (tertiary/aromatic N) is 2. The molecule has 1 aliphatic rings. The highest BCUT2D eigenvalue weighted by molar-refractivity contribution is 5.82. The highest BCUT2D eigenvalue weighted by atomic mass is 16.1. The van der Waals surface area contributed by atoms with Gasteiger partial charge in [-0.3, -0.25) is 10.4 Å². The molecule has 0 aromatic carbocycles. The van der Waals surface area contributed by atoms with Gasteiger partial charge < -0.3 is 20.7 Å². The van der Waals surface area contributed by atoms with Crippen LogP contribution in [-0.2, 0) is 4.79 Å². The summed E-state index contributed by atoms with van der Waals surface area (Å²) in [4.78, 5) is 17.4. The monoisotopic (exact) mass is 323 g/mol. The van der Waals surface area contributed by atoms with Gasteiger partial charge in [0.1, 0.15) is 6.29 Å². The van der Waals surface area contributed by atoms with Crippen LogP contribution >= 0.6 is 0 Å². The van der Waals surface area contributed by atoms with E-state index in [1.807, 2.05) is 0 Å². The maximum absolute atomic E-state index is 10.3. The van der Waals surface area contributed by atoms with Crippen molar-refractivity contribution < 1.29 is 4.79 Å². The lowest BCUT2D eigenvalue weighted by molar-refractivity contribution is -0.107. The predicted octanol–water partition coefficient (Wildman–Crippen LogP) is 2.28. The molecule has 0 spiro atoms. The summed E-state index contributed by atoms with van der Waals surface area (Å²) >= 11 is 0. The van der Waals surface area contributed by atoms with Crippen LogP contribution in [0.1, 0.15) is 64.2 Å². The molecule has 6 nitrogen and oxygen atoms in total. The molecule has 0 amide bonds. The fourth-order valence-corrected chi connectivity index (χ4v) is 2.87. The first kappa shape index (κ1) is 19.5. The minimum Gasteiger partial charge on any atom is -0.370 e. The van der Waals surface area contributed by atoms with E-state index in [0.29, 0.717) is 6.42 Å². The van der Waals surface area contributed by atoms with Crippen molar-refractivity contribution in [1.82, 2.24) is 10.2 Å². The zero-order chi connectivity index (χ0) is 16.8. The van der Waals surface area contributed by atoms with Crippen molar-refractivity contribution in [3.63, 3.8) is 0 Å². The van der Waals surface area contributed by atoms with E-state index < -0.39 is 0 Å². The van der Waals surface area contributed by atoms with Gasteiger partial charge in [-0.1, -0.05) is 19.3 Å². The molecule has 4 N–H and O–H groups in total. The molecule has 132 valence electrons. The average molecular weight is 323 g/mol. The molecule has 23 heavy (non-hydrogen) atoms. The molecular weight excluding hydrogens is 290 g/mol. The summed E-state index contributed by atoms with van der Waals surface area (Å²) in [6, 6.07) is 0. The van der Waals surface area contributed by atoms with Gasteiger partial charge in [0.2, 0.25) is 0 Å². The topological polar surface area (TPSA) is 94.6 Å². The molecule has 0 saturated heterocycles. The number of nitrogens with one attached hydrogen (secondary N) is 2. The maximum Gasteiger partial charge on any atom is 0.185 e. The standard InChI is InChI=1S/C17H33N5O/c18-17(19)21-11-6-7-13-22-14-9-12-20-16(22)10-5-3-1-2-4-8-15-23/h15H,1-14H2,(H4,18,19,21). The van der Waals surface area contributed by atoms with E-state index in [1.54, 1.807) is 0 Å². The minimum absolute atomic E-state index is 0.0540. The van der Waals surface area contributed by atoms with Crippen LogP contribution in [0.25, 0.3) is 0 Å². The largest absolute Gasteiger partial charge is 0.370 e. The Labute approximate surface area is 140 Å².